The fourth-order valence-corrected chi connectivity index (χ4v) is 4.72. The molecule has 0 spiro atoms. The van der Waals surface area contributed by atoms with E-state index in [0.717, 1.165) is 33.5 Å². The zero-order valence-electron chi connectivity index (χ0n) is 20.4. The molecule has 0 bridgehead atoms. The number of aromatic nitrogens is 1. The normalized spacial score (nSPS) is 12.1. The van der Waals surface area contributed by atoms with Gasteiger partial charge in [-0.25, -0.2) is 4.98 Å². The van der Waals surface area contributed by atoms with Crippen LogP contribution in [-0.2, 0) is 0 Å². The number of rotatable bonds is 3. The molecule has 6 rings (SSSR count). The smallest absolute Gasteiger partial charge is 0.163 e. The van der Waals surface area contributed by atoms with Crippen molar-refractivity contribution in [3.63, 3.8) is 0 Å². The van der Waals surface area contributed by atoms with E-state index in [4.69, 9.17) is 21.3 Å². The number of benzene rings is 4. The summed E-state index contributed by atoms with van der Waals surface area (Å²) in [5.74, 6) is 0.630. The highest BCUT2D eigenvalue weighted by Crippen LogP contribution is 2.49. The number of nitrogens with two attached hydrogens (primary N) is 2. The molecule has 0 radical (unpaired) electrons. The van der Waals surface area contributed by atoms with Crippen molar-refractivity contribution in [2.45, 2.75) is 0 Å². The molecule has 0 aliphatic carbocycles. The van der Waals surface area contributed by atoms with Crippen molar-refractivity contribution in [1.29, 1.82) is 5.26 Å². The van der Waals surface area contributed by atoms with Gasteiger partial charge in [-0.1, -0.05) is 85.4 Å². The monoisotopic (exact) mass is 493 g/mol. The summed E-state index contributed by atoms with van der Waals surface area (Å²) in [6.07, 6.45) is 0. The molecule has 1 aromatic heterocycles. The van der Waals surface area contributed by atoms with Crippen LogP contribution in [0.1, 0.15) is 16.7 Å². The van der Waals surface area contributed by atoms with Gasteiger partial charge in [0.1, 0.15) is 5.69 Å². The van der Waals surface area contributed by atoms with E-state index in [1.165, 1.54) is 0 Å². The Kier molecular flexibility index (Phi) is 5.52. The van der Waals surface area contributed by atoms with Gasteiger partial charge in [-0.2, -0.15) is 10.3 Å². The number of hydrogen-bond donors (Lipinski definition) is 2. The fraction of sp³-hybridized carbons (Fsp3) is 0. The van der Waals surface area contributed by atoms with Crippen LogP contribution in [0.5, 0.6) is 5.75 Å². The molecule has 0 atom stereocenters. The lowest BCUT2D eigenvalue weighted by Gasteiger charge is -2.28. The third kappa shape index (κ3) is 3.71. The van der Waals surface area contributed by atoms with Crippen LogP contribution >= 0.6 is 0 Å². The topological polar surface area (TPSA) is 101 Å². The molecule has 5 aromatic rings. The molecule has 182 valence electrons. The van der Waals surface area contributed by atoms with Crippen molar-refractivity contribution < 1.29 is 4.84 Å². The molecule has 1 aliphatic heterocycles. The lowest BCUT2D eigenvalue weighted by atomic mass is 9.97. The summed E-state index contributed by atoms with van der Waals surface area (Å²) in [6.45, 7) is 4.37. The van der Waals surface area contributed by atoms with Crippen LogP contribution in [0.15, 0.2) is 110 Å². The maximum absolute atomic E-state index is 9.28. The molecule has 0 amide bonds. The second-order valence-corrected chi connectivity index (χ2v) is 8.92. The van der Waals surface area contributed by atoms with E-state index in [2.05, 4.69) is 12.6 Å². The first kappa shape index (κ1) is 22.9. The fourth-order valence-electron chi connectivity index (χ4n) is 4.72. The standard InChI is InChI=1S/C32H23N5O/c1-20-24-11-5-7-13-26(24)37(38-27-14-8-6-12-25(20)27)32-28(34)30(22-9-3-2-4-10-22)36-31(29(32)35)23-17-15-21(19-33)16-18-23/h2-18H,1,34-35H2. The molecular formula is C32H23N5O. The summed E-state index contributed by atoms with van der Waals surface area (Å²) in [4.78, 5) is 11.5. The van der Waals surface area contributed by atoms with Crippen molar-refractivity contribution in [2.75, 3.05) is 16.5 Å². The third-order valence-corrected chi connectivity index (χ3v) is 6.63. The Morgan fingerprint density at radius 3 is 1.97 bits per heavy atom. The Morgan fingerprint density at radius 1 is 0.711 bits per heavy atom. The minimum atomic E-state index is 0.353. The van der Waals surface area contributed by atoms with E-state index in [1.807, 2.05) is 91.0 Å². The predicted octanol–water partition coefficient (Wildman–Crippen LogP) is 6.96. The number of anilines is 4. The summed E-state index contributed by atoms with van der Waals surface area (Å²) >= 11 is 0. The first-order chi connectivity index (χ1) is 18.6. The van der Waals surface area contributed by atoms with Crippen molar-refractivity contribution >= 4 is 28.3 Å². The van der Waals surface area contributed by atoms with Gasteiger partial charge in [0, 0.05) is 22.3 Å². The average molecular weight is 494 g/mol. The van der Waals surface area contributed by atoms with Crippen LogP contribution in [0, 0.1) is 11.3 Å². The summed E-state index contributed by atoms with van der Waals surface area (Å²) in [7, 11) is 0. The van der Waals surface area contributed by atoms with Crippen LogP contribution in [0.3, 0.4) is 0 Å². The minimum Gasteiger partial charge on any atom is -0.395 e. The number of nitrogens with zero attached hydrogens (tertiary/aromatic N) is 3. The van der Waals surface area contributed by atoms with Gasteiger partial charge in [-0.15, -0.1) is 0 Å². The van der Waals surface area contributed by atoms with Gasteiger partial charge >= 0.3 is 0 Å². The van der Waals surface area contributed by atoms with E-state index in [0.29, 0.717) is 39.8 Å². The number of fused-ring (bicyclic) bond motifs is 2. The molecule has 4 aromatic carbocycles. The SMILES string of the molecule is C=C1c2ccccc2ON(c2c(N)c(-c3ccccc3)nc(-c3ccc(C#N)cc3)c2N)c2ccccc21. The van der Waals surface area contributed by atoms with Gasteiger partial charge < -0.3 is 16.3 Å². The van der Waals surface area contributed by atoms with Gasteiger partial charge in [-0.05, 0) is 29.8 Å². The summed E-state index contributed by atoms with van der Waals surface area (Å²) < 4.78 is 0. The van der Waals surface area contributed by atoms with Gasteiger partial charge in [0.2, 0.25) is 0 Å². The van der Waals surface area contributed by atoms with Crippen LogP contribution in [-0.4, -0.2) is 4.98 Å². The largest absolute Gasteiger partial charge is 0.395 e. The highest BCUT2D eigenvalue weighted by atomic mass is 16.7. The highest BCUT2D eigenvalue weighted by Gasteiger charge is 2.30. The lowest BCUT2D eigenvalue weighted by Crippen LogP contribution is -2.25. The van der Waals surface area contributed by atoms with E-state index in [9.17, 15) is 5.26 Å². The van der Waals surface area contributed by atoms with E-state index >= 15 is 0 Å². The minimum absolute atomic E-state index is 0.353. The van der Waals surface area contributed by atoms with Crippen molar-refractivity contribution in [3.05, 3.63) is 126 Å². The Balaban J connectivity index is 1.66. The van der Waals surface area contributed by atoms with Gasteiger partial charge in [-0.3, -0.25) is 0 Å². The second kappa shape index (κ2) is 9.16. The van der Waals surface area contributed by atoms with E-state index in [-0.39, 0.29) is 0 Å². The molecule has 6 nitrogen and oxygen atoms in total. The molecule has 0 fully saturated rings. The first-order valence-electron chi connectivity index (χ1n) is 12.1. The zero-order valence-corrected chi connectivity index (χ0v) is 20.4. The van der Waals surface area contributed by atoms with E-state index in [1.54, 1.807) is 17.2 Å². The molecule has 1 aliphatic rings. The summed E-state index contributed by atoms with van der Waals surface area (Å²) in [5.41, 5.74) is 21.6. The Hall–Kier alpha value is -5.54. The summed E-state index contributed by atoms with van der Waals surface area (Å²) in [6, 6.07) is 34.6. The number of nitriles is 1. The zero-order chi connectivity index (χ0) is 26.2. The lowest BCUT2D eigenvalue weighted by molar-refractivity contribution is 0.325. The molecule has 2 heterocycles. The molecule has 0 unspecified atom stereocenters. The van der Waals surface area contributed by atoms with Crippen LogP contribution in [0.25, 0.3) is 28.1 Å². The molecule has 38 heavy (non-hydrogen) atoms. The van der Waals surface area contributed by atoms with Gasteiger partial charge in [0.05, 0.1) is 40.1 Å². The number of para-hydroxylation sites is 2. The predicted molar refractivity (Wildman–Crippen MR) is 152 cm³/mol. The van der Waals surface area contributed by atoms with Crippen LogP contribution in [0.4, 0.5) is 22.7 Å². The van der Waals surface area contributed by atoms with E-state index < -0.39 is 0 Å². The van der Waals surface area contributed by atoms with Crippen LogP contribution in [0.2, 0.25) is 0 Å². The molecule has 0 saturated carbocycles. The Bertz CT molecular complexity index is 1740. The average Bonchev–Trinajstić information content (AvgIpc) is 3.09. The number of pyridine rings is 1. The number of hydrogen-bond acceptors (Lipinski definition) is 6. The Labute approximate surface area is 220 Å². The first-order valence-corrected chi connectivity index (χ1v) is 12.1. The van der Waals surface area contributed by atoms with Crippen molar-refractivity contribution in [2.24, 2.45) is 0 Å². The van der Waals surface area contributed by atoms with Gasteiger partial charge in [0.25, 0.3) is 0 Å². The van der Waals surface area contributed by atoms with Crippen molar-refractivity contribution in [3.8, 4) is 34.3 Å². The summed E-state index contributed by atoms with van der Waals surface area (Å²) in [5, 5.41) is 11.0. The van der Waals surface area contributed by atoms with Crippen LogP contribution < -0.4 is 21.4 Å². The quantitative estimate of drug-likeness (QED) is 0.282. The molecular weight excluding hydrogens is 470 g/mol. The molecule has 6 heteroatoms. The second-order valence-electron chi connectivity index (χ2n) is 8.92. The third-order valence-electron chi connectivity index (χ3n) is 6.63. The van der Waals surface area contributed by atoms with Crippen molar-refractivity contribution in [1.82, 2.24) is 4.98 Å². The van der Waals surface area contributed by atoms with Gasteiger partial charge in [0.15, 0.2) is 5.75 Å². The molecule has 4 N–H and O–H groups in total. The number of nitrogen functional groups attached to an aromatic ring is 2. The maximum Gasteiger partial charge on any atom is 0.163 e. The highest BCUT2D eigenvalue weighted by molar-refractivity contribution is 6.00. The Morgan fingerprint density at radius 2 is 1.29 bits per heavy atom. The molecule has 0 saturated heterocycles. The maximum atomic E-state index is 9.28.